The van der Waals surface area contributed by atoms with E-state index in [0.29, 0.717) is 30.6 Å². The molecule has 0 bridgehead atoms. The number of para-hydroxylation sites is 1. The average Bonchev–Trinajstić information content (AvgIpc) is 3.35. The summed E-state index contributed by atoms with van der Waals surface area (Å²) in [7, 11) is 0. The molecule has 2 aliphatic rings. The van der Waals surface area contributed by atoms with Gasteiger partial charge in [-0.05, 0) is 43.0 Å². The third-order valence-electron chi connectivity index (χ3n) is 6.59. The molecule has 2 aliphatic heterocycles. The first-order valence-electron chi connectivity index (χ1n) is 12.1. The molecule has 0 aromatic heterocycles. The number of carbonyl (C=O) groups is 1. The number of aliphatic hydroxyl groups excluding tert-OH is 1. The van der Waals surface area contributed by atoms with Crippen molar-refractivity contribution >= 4 is 5.91 Å². The fourth-order valence-electron chi connectivity index (χ4n) is 4.97. The zero-order valence-electron chi connectivity index (χ0n) is 20.0. The van der Waals surface area contributed by atoms with Crippen molar-refractivity contribution < 1.29 is 24.5 Å². The summed E-state index contributed by atoms with van der Waals surface area (Å²) in [5, 5.41) is 20.2. The zero-order chi connectivity index (χ0) is 24.2. The molecule has 2 heterocycles. The highest BCUT2D eigenvalue weighted by Crippen LogP contribution is 2.49. The van der Waals surface area contributed by atoms with Gasteiger partial charge in [0.15, 0.2) is 11.5 Å². The van der Waals surface area contributed by atoms with E-state index in [1.165, 1.54) is 0 Å². The second-order valence-corrected chi connectivity index (χ2v) is 9.25. The van der Waals surface area contributed by atoms with Crippen LogP contribution in [0.1, 0.15) is 50.4 Å². The number of hydrogen-bond acceptors (Lipinski definition) is 7. The molecule has 2 aromatic carbocycles. The van der Waals surface area contributed by atoms with Crippen molar-refractivity contribution in [1.82, 2.24) is 15.8 Å². The van der Waals surface area contributed by atoms with Gasteiger partial charge < -0.3 is 24.6 Å². The van der Waals surface area contributed by atoms with E-state index >= 15 is 0 Å². The fourth-order valence-corrected chi connectivity index (χ4v) is 4.97. The molecule has 0 spiro atoms. The Morgan fingerprint density at radius 3 is 2.53 bits per heavy atom. The molecule has 34 heavy (non-hydrogen) atoms. The highest BCUT2D eigenvalue weighted by atomic mass is 16.5. The molecule has 0 aliphatic carbocycles. The Morgan fingerprint density at radius 2 is 1.82 bits per heavy atom. The number of nitrogens with zero attached hydrogens (tertiary/aromatic N) is 1. The minimum absolute atomic E-state index is 0.0790. The lowest BCUT2D eigenvalue weighted by Crippen LogP contribution is -2.42. The van der Waals surface area contributed by atoms with Gasteiger partial charge in [0.1, 0.15) is 11.8 Å². The number of nitrogens with one attached hydrogen (secondary N) is 2. The molecule has 4 N–H and O–H groups in total. The second-order valence-electron chi connectivity index (χ2n) is 9.25. The molecule has 2 aromatic rings. The Balaban J connectivity index is 1.71. The molecule has 1 amide bonds. The van der Waals surface area contributed by atoms with Gasteiger partial charge in [-0.1, -0.05) is 38.1 Å². The van der Waals surface area contributed by atoms with Crippen LogP contribution in [0.3, 0.4) is 0 Å². The Morgan fingerprint density at radius 1 is 1.06 bits per heavy atom. The molecular formula is C26H35N3O5. The summed E-state index contributed by atoms with van der Waals surface area (Å²) < 4.78 is 11.9. The Bertz CT molecular complexity index is 998. The molecule has 0 radical (unpaired) electrons. The first-order chi connectivity index (χ1) is 16.5. The second kappa shape index (κ2) is 10.6. The van der Waals surface area contributed by atoms with E-state index in [2.05, 4.69) is 24.7 Å². The summed E-state index contributed by atoms with van der Waals surface area (Å²) in [5.41, 5.74) is 7.98. The van der Waals surface area contributed by atoms with Crippen LogP contribution in [0.2, 0.25) is 0 Å². The summed E-state index contributed by atoms with van der Waals surface area (Å²) in [6.07, 6.45) is 0.943. The number of phenolic OH excluding ortho intramolecular Hbond substituents is 1. The van der Waals surface area contributed by atoms with Gasteiger partial charge in [0.05, 0.1) is 31.9 Å². The number of fused-ring (bicyclic) bond motifs is 1. The van der Waals surface area contributed by atoms with Crippen molar-refractivity contribution in [3.8, 4) is 17.2 Å². The minimum Gasteiger partial charge on any atom is -0.508 e. The number of phenols is 1. The van der Waals surface area contributed by atoms with Crippen LogP contribution < -0.4 is 20.3 Å². The van der Waals surface area contributed by atoms with E-state index in [1.807, 2.05) is 37.3 Å². The molecule has 8 heteroatoms. The van der Waals surface area contributed by atoms with Gasteiger partial charge in [-0.15, -0.1) is 0 Å². The molecule has 2 saturated heterocycles. The standard InChI is InChI=1S/C26H35N3O5/c1-4-33-21-15-17(9-10-20(21)34-14-11-16(2)3)25-22-23(18-7-5-6-8-19(18)31)27-28-24(22)26(32)29(25)12-13-30/h5-10,15-16,22-25,27-28,30-31H,4,11-14H2,1-3H3. The maximum atomic E-state index is 13.3. The number of aliphatic hydroxyl groups is 1. The SMILES string of the molecule is CCOc1cc(C2C3C(NNC3c3ccccc3O)C(=O)N2CCO)ccc1OCCC(C)C. The van der Waals surface area contributed by atoms with Crippen LogP contribution in [0.5, 0.6) is 17.2 Å². The minimum atomic E-state index is -0.473. The number of β-amino-alcohol motifs (C(OH)–C–C–N with tert-alkyl or cyclic N) is 1. The molecule has 4 unspecified atom stereocenters. The van der Waals surface area contributed by atoms with Gasteiger partial charge in [-0.25, -0.2) is 10.9 Å². The number of carbonyl (C=O) groups excluding carboxylic acids is 1. The Hall–Kier alpha value is -2.81. The third kappa shape index (κ3) is 4.71. The van der Waals surface area contributed by atoms with Gasteiger partial charge in [-0.3, -0.25) is 4.79 Å². The number of hydrazine groups is 1. The number of benzene rings is 2. The van der Waals surface area contributed by atoms with E-state index in [4.69, 9.17) is 9.47 Å². The highest BCUT2D eigenvalue weighted by Gasteiger charge is 2.55. The predicted octanol–water partition coefficient (Wildman–Crippen LogP) is 2.93. The normalized spacial score (nSPS) is 24.0. The summed E-state index contributed by atoms with van der Waals surface area (Å²) in [4.78, 5) is 15.0. The largest absolute Gasteiger partial charge is 0.508 e. The highest BCUT2D eigenvalue weighted by molar-refractivity contribution is 5.86. The van der Waals surface area contributed by atoms with Crippen molar-refractivity contribution in [2.24, 2.45) is 11.8 Å². The lowest BCUT2D eigenvalue weighted by molar-refractivity contribution is -0.131. The van der Waals surface area contributed by atoms with Gasteiger partial charge in [0.2, 0.25) is 5.91 Å². The quantitative estimate of drug-likeness (QED) is 0.424. The van der Waals surface area contributed by atoms with Crippen LogP contribution in [0.4, 0.5) is 0 Å². The number of aromatic hydroxyl groups is 1. The van der Waals surface area contributed by atoms with Crippen LogP contribution >= 0.6 is 0 Å². The van der Waals surface area contributed by atoms with E-state index in [1.54, 1.807) is 17.0 Å². The van der Waals surface area contributed by atoms with Crippen molar-refractivity contribution in [2.75, 3.05) is 26.4 Å². The smallest absolute Gasteiger partial charge is 0.242 e. The number of likely N-dealkylation sites (tertiary alicyclic amines) is 1. The van der Waals surface area contributed by atoms with Crippen LogP contribution in [0, 0.1) is 11.8 Å². The topological polar surface area (TPSA) is 103 Å². The molecule has 4 rings (SSSR count). The molecule has 4 atom stereocenters. The number of hydrogen-bond donors (Lipinski definition) is 4. The van der Waals surface area contributed by atoms with Crippen molar-refractivity contribution in [3.05, 3.63) is 53.6 Å². The van der Waals surface area contributed by atoms with Crippen molar-refractivity contribution in [3.63, 3.8) is 0 Å². The lowest BCUT2D eigenvalue weighted by atomic mass is 9.83. The number of amides is 1. The third-order valence-corrected chi connectivity index (χ3v) is 6.59. The summed E-state index contributed by atoms with van der Waals surface area (Å²) in [6, 6.07) is 11.9. The average molecular weight is 470 g/mol. The van der Waals surface area contributed by atoms with Crippen LogP contribution in [-0.4, -0.2) is 53.4 Å². The number of ether oxygens (including phenoxy) is 2. The maximum absolute atomic E-state index is 13.3. The predicted molar refractivity (Wildman–Crippen MR) is 128 cm³/mol. The Kier molecular flexibility index (Phi) is 7.60. The summed E-state index contributed by atoms with van der Waals surface area (Å²) in [5.74, 6) is 1.76. The van der Waals surface area contributed by atoms with Crippen LogP contribution in [-0.2, 0) is 4.79 Å². The first kappa shape index (κ1) is 24.3. The van der Waals surface area contributed by atoms with Gasteiger partial charge in [0, 0.05) is 18.0 Å². The fraction of sp³-hybridized carbons (Fsp3) is 0.500. The van der Waals surface area contributed by atoms with Gasteiger partial charge in [-0.2, -0.15) is 0 Å². The number of rotatable bonds is 10. The van der Waals surface area contributed by atoms with Crippen LogP contribution in [0.15, 0.2) is 42.5 Å². The van der Waals surface area contributed by atoms with Gasteiger partial charge in [0.25, 0.3) is 0 Å². The van der Waals surface area contributed by atoms with Crippen molar-refractivity contribution in [2.45, 2.75) is 45.3 Å². The molecule has 8 nitrogen and oxygen atoms in total. The maximum Gasteiger partial charge on any atom is 0.242 e. The molecule has 184 valence electrons. The van der Waals surface area contributed by atoms with Crippen LogP contribution in [0.25, 0.3) is 0 Å². The van der Waals surface area contributed by atoms with E-state index in [9.17, 15) is 15.0 Å². The summed E-state index contributed by atoms with van der Waals surface area (Å²) in [6.45, 7) is 7.42. The first-order valence-corrected chi connectivity index (χ1v) is 12.1. The molecule has 0 saturated carbocycles. The van der Waals surface area contributed by atoms with E-state index < -0.39 is 6.04 Å². The zero-order valence-corrected chi connectivity index (χ0v) is 20.0. The van der Waals surface area contributed by atoms with E-state index in [0.717, 1.165) is 17.5 Å². The Labute approximate surface area is 200 Å². The monoisotopic (exact) mass is 469 g/mol. The molecular weight excluding hydrogens is 434 g/mol. The van der Waals surface area contributed by atoms with Crippen molar-refractivity contribution in [1.29, 1.82) is 0 Å². The lowest BCUT2D eigenvalue weighted by Gasteiger charge is -2.31. The molecule has 2 fully saturated rings. The van der Waals surface area contributed by atoms with E-state index in [-0.39, 0.29) is 42.8 Å². The summed E-state index contributed by atoms with van der Waals surface area (Å²) >= 11 is 0. The van der Waals surface area contributed by atoms with Gasteiger partial charge >= 0.3 is 0 Å².